The number of carbonyl (C=O) groups is 1. The molecule has 0 saturated heterocycles. The van der Waals surface area contributed by atoms with Gasteiger partial charge in [-0.25, -0.2) is 5.43 Å². The van der Waals surface area contributed by atoms with E-state index in [2.05, 4.69) is 16.6 Å². The van der Waals surface area contributed by atoms with E-state index in [1.54, 1.807) is 36.4 Å². The first-order valence-electron chi connectivity index (χ1n) is 9.76. The maximum Gasteiger partial charge on any atom is 0.281 e. The van der Waals surface area contributed by atoms with Crippen molar-refractivity contribution in [3.05, 3.63) is 104 Å². The van der Waals surface area contributed by atoms with Crippen molar-refractivity contribution in [1.82, 2.24) is 5.43 Å². The number of amides is 1. The minimum atomic E-state index is -0.473. The number of nitriles is 1. The molecule has 0 atom stereocenters. The summed E-state index contributed by atoms with van der Waals surface area (Å²) in [6, 6.07) is 22.6. The fraction of sp³-hybridized carbons (Fsp3) is 0.0417. The van der Waals surface area contributed by atoms with E-state index in [1.165, 1.54) is 29.7 Å². The largest absolute Gasteiger partial charge is 0.488 e. The van der Waals surface area contributed by atoms with Crippen LogP contribution in [-0.4, -0.2) is 17.0 Å². The molecule has 0 aliphatic carbocycles. The summed E-state index contributed by atoms with van der Waals surface area (Å²) in [4.78, 5) is 23.3. The van der Waals surface area contributed by atoms with Crippen molar-refractivity contribution in [3.63, 3.8) is 0 Å². The molecule has 0 aliphatic heterocycles. The number of rotatable bonds is 7. The van der Waals surface area contributed by atoms with Crippen LogP contribution in [-0.2, 0) is 6.61 Å². The molecule has 4 rings (SSSR count). The van der Waals surface area contributed by atoms with Gasteiger partial charge in [-0.05, 0) is 30.3 Å². The molecule has 1 heterocycles. The lowest BCUT2D eigenvalue weighted by Crippen LogP contribution is -2.16. The maximum absolute atomic E-state index is 12.5. The molecule has 0 radical (unpaired) electrons. The van der Waals surface area contributed by atoms with Crippen molar-refractivity contribution in [3.8, 4) is 11.8 Å². The molecular formula is C24H16N4O4S. The molecule has 1 amide bonds. The summed E-state index contributed by atoms with van der Waals surface area (Å²) in [5.41, 5.74) is 4.41. The fourth-order valence-electron chi connectivity index (χ4n) is 3.10. The lowest BCUT2D eigenvalue weighted by atomic mass is 10.1. The standard InChI is InChI=1S/C24H16N4O4S/c25-13-16-5-1-2-7-18(16)15-32-21-8-4-3-6-17(21)14-26-27-24(29)23-12-19-11-20(28(30)31)9-10-22(19)33-23/h1-12,14H,15H2,(H,27,29)/b26-14-. The molecule has 1 aromatic heterocycles. The van der Waals surface area contributed by atoms with Crippen molar-refractivity contribution in [2.75, 3.05) is 0 Å². The number of nitro groups is 1. The van der Waals surface area contributed by atoms with E-state index in [0.717, 1.165) is 10.3 Å². The number of non-ortho nitro benzene ring substituents is 1. The van der Waals surface area contributed by atoms with Crippen molar-refractivity contribution in [2.45, 2.75) is 6.61 Å². The number of hydrogen-bond acceptors (Lipinski definition) is 7. The zero-order chi connectivity index (χ0) is 23.2. The smallest absolute Gasteiger partial charge is 0.281 e. The first kappa shape index (κ1) is 21.7. The van der Waals surface area contributed by atoms with Crippen LogP contribution in [0.2, 0.25) is 0 Å². The molecule has 8 nitrogen and oxygen atoms in total. The summed E-state index contributed by atoms with van der Waals surface area (Å²) in [5.74, 6) is 0.133. The van der Waals surface area contributed by atoms with Gasteiger partial charge in [0.25, 0.3) is 11.6 Å². The van der Waals surface area contributed by atoms with Crippen molar-refractivity contribution in [2.24, 2.45) is 5.10 Å². The first-order chi connectivity index (χ1) is 16.0. The Labute approximate surface area is 192 Å². The van der Waals surface area contributed by atoms with Gasteiger partial charge in [-0.3, -0.25) is 14.9 Å². The van der Waals surface area contributed by atoms with E-state index in [-0.39, 0.29) is 12.3 Å². The second-order valence-corrected chi connectivity index (χ2v) is 7.97. The lowest BCUT2D eigenvalue weighted by molar-refractivity contribution is -0.384. The Kier molecular flexibility index (Phi) is 6.38. The molecule has 1 N–H and O–H groups in total. The second-order valence-electron chi connectivity index (χ2n) is 6.88. The molecular weight excluding hydrogens is 440 g/mol. The maximum atomic E-state index is 12.5. The number of nitrogens with one attached hydrogen (secondary N) is 1. The highest BCUT2D eigenvalue weighted by Gasteiger charge is 2.13. The number of benzene rings is 3. The molecule has 0 saturated carbocycles. The highest BCUT2D eigenvalue weighted by Crippen LogP contribution is 2.29. The number of nitrogens with zero attached hydrogens (tertiary/aromatic N) is 3. The Morgan fingerprint density at radius 1 is 1.15 bits per heavy atom. The monoisotopic (exact) mass is 456 g/mol. The normalized spacial score (nSPS) is 10.8. The molecule has 4 aromatic rings. The lowest BCUT2D eigenvalue weighted by Gasteiger charge is -2.10. The van der Waals surface area contributed by atoms with E-state index >= 15 is 0 Å². The third-order valence-electron chi connectivity index (χ3n) is 4.74. The molecule has 0 unspecified atom stereocenters. The summed E-state index contributed by atoms with van der Waals surface area (Å²) in [6.45, 7) is 0.217. The van der Waals surface area contributed by atoms with E-state index in [4.69, 9.17) is 4.74 Å². The molecule has 0 fully saturated rings. The Morgan fingerprint density at radius 2 is 1.94 bits per heavy atom. The number of hydrogen-bond donors (Lipinski definition) is 1. The number of carbonyl (C=O) groups excluding carboxylic acids is 1. The average Bonchev–Trinajstić information content (AvgIpc) is 3.27. The summed E-state index contributed by atoms with van der Waals surface area (Å²) in [7, 11) is 0. The Balaban J connectivity index is 1.44. The molecule has 0 bridgehead atoms. The Morgan fingerprint density at radius 3 is 2.76 bits per heavy atom. The molecule has 162 valence electrons. The van der Waals surface area contributed by atoms with Gasteiger partial charge < -0.3 is 4.74 Å². The van der Waals surface area contributed by atoms with Crippen molar-refractivity contribution >= 4 is 39.2 Å². The van der Waals surface area contributed by atoms with Gasteiger partial charge in [-0.2, -0.15) is 10.4 Å². The third kappa shape index (κ3) is 5.03. The van der Waals surface area contributed by atoms with Gasteiger partial charge in [-0.1, -0.05) is 30.3 Å². The van der Waals surface area contributed by atoms with E-state index in [0.29, 0.717) is 27.1 Å². The number of fused-ring (bicyclic) bond motifs is 1. The third-order valence-corrected chi connectivity index (χ3v) is 5.86. The molecule has 9 heteroatoms. The van der Waals surface area contributed by atoms with Crippen LogP contribution in [0.5, 0.6) is 5.75 Å². The van der Waals surface area contributed by atoms with Crippen LogP contribution in [0.25, 0.3) is 10.1 Å². The summed E-state index contributed by atoms with van der Waals surface area (Å²) in [5, 5.41) is 24.8. The number of ether oxygens (including phenoxy) is 1. The summed E-state index contributed by atoms with van der Waals surface area (Å²) < 4.78 is 6.64. The van der Waals surface area contributed by atoms with Gasteiger partial charge in [0.15, 0.2) is 0 Å². The van der Waals surface area contributed by atoms with Gasteiger partial charge in [0.05, 0.1) is 27.6 Å². The SMILES string of the molecule is N#Cc1ccccc1COc1ccccc1/C=N\NC(=O)c1cc2cc([N+](=O)[O-])ccc2s1. The minimum absolute atomic E-state index is 0.0284. The predicted molar refractivity (Wildman–Crippen MR) is 125 cm³/mol. The zero-order valence-electron chi connectivity index (χ0n) is 17.1. The van der Waals surface area contributed by atoms with Gasteiger partial charge in [0.1, 0.15) is 12.4 Å². The van der Waals surface area contributed by atoms with Crippen LogP contribution in [0.3, 0.4) is 0 Å². The highest BCUT2D eigenvalue weighted by molar-refractivity contribution is 7.20. The molecule has 0 spiro atoms. The second kappa shape index (κ2) is 9.72. The van der Waals surface area contributed by atoms with Crippen molar-refractivity contribution in [1.29, 1.82) is 5.26 Å². The first-order valence-corrected chi connectivity index (χ1v) is 10.6. The van der Waals surface area contributed by atoms with Crippen LogP contribution >= 0.6 is 11.3 Å². The van der Waals surface area contributed by atoms with Crippen LogP contribution in [0.15, 0.2) is 77.9 Å². The average molecular weight is 456 g/mol. The quantitative estimate of drug-likeness (QED) is 0.238. The molecule has 3 aromatic carbocycles. The van der Waals surface area contributed by atoms with E-state index in [1.807, 2.05) is 24.3 Å². The summed E-state index contributed by atoms with van der Waals surface area (Å²) >= 11 is 1.22. The van der Waals surface area contributed by atoms with Crippen molar-refractivity contribution < 1.29 is 14.5 Å². The molecule has 33 heavy (non-hydrogen) atoms. The van der Waals surface area contributed by atoms with Gasteiger partial charge >= 0.3 is 0 Å². The zero-order valence-corrected chi connectivity index (χ0v) is 17.9. The number of para-hydroxylation sites is 1. The van der Waals surface area contributed by atoms with Gasteiger partial charge in [0.2, 0.25) is 0 Å². The summed E-state index contributed by atoms with van der Waals surface area (Å²) in [6.07, 6.45) is 1.47. The van der Waals surface area contributed by atoms with Crippen LogP contribution in [0.1, 0.15) is 26.4 Å². The minimum Gasteiger partial charge on any atom is -0.488 e. The number of hydrazone groups is 1. The molecule has 0 aliphatic rings. The van der Waals surface area contributed by atoms with E-state index < -0.39 is 10.8 Å². The van der Waals surface area contributed by atoms with Gasteiger partial charge in [0, 0.05) is 33.3 Å². The Bertz CT molecular complexity index is 1420. The van der Waals surface area contributed by atoms with Crippen LogP contribution in [0, 0.1) is 21.4 Å². The van der Waals surface area contributed by atoms with Gasteiger partial charge in [-0.15, -0.1) is 11.3 Å². The topological polar surface area (TPSA) is 118 Å². The fourth-order valence-corrected chi connectivity index (χ4v) is 4.03. The number of thiophene rings is 1. The predicted octanol–water partition coefficient (Wildman–Crippen LogP) is 5.02. The highest BCUT2D eigenvalue weighted by atomic mass is 32.1. The Hall–Kier alpha value is -4.55. The van der Waals surface area contributed by atoms with Crippen LogP contribution in [0.4, 0.5) is 5.69 Å². The van der Waals surface area contributed by atoms with E-state index in [9.17, 15) is 20.2 Å². The number of nitro benzene ring substituents is 1. The van der Waals surface area contributed by atoms with Crippen LogP contribution < -0.4 is 10.2 Å².